The lowest BCUT2D eigenvalue weighted by Crippen LogP contribution is -2.35. The Hall–Kier alpha value is -3.28. The largest absolute Gasteiger partial charge is 0.369 e. The Kier molecular flexibility index (Phi) is 6.32. The summed E-state index contributed by atoms with van der Waals surface area (Å²) in [5.74, 6) is 0.974. The lowest BCUT2D eigenvalue weighted by atomic mass is 10.1. The maximum Gasteiger partial charge on any atom is 0.253 e. The Morgan fingerprint density at radius 2 is 1.90 bits per heavy atom. The molecule has 1 aliphatic heterocycles. The summed E-state index contributed by atoms with van der Waals surface area (Å²) < 4.78 is 0. The van der Waals surface area contributed by atoms with Crippen LogP contribution in [0.2, 0.25) is 0 Å². The summed E-state index contributed by atoms with van der Waals surface area (Å²) in [6, 6.07) is 14.0. The van der Waals surface area contributed by atoms with Crippen LogP contribution in [0, 0.1) is 0 Å². The average Bonchev–Trinajstić information content (AvgIpc) is 2.80. The lowest BCUT2D eigenvalue weighted by molar-refractivity contribution is 0.0724. The average molecular weight is 402 g/mol. The van der Waals surface area contributed by atoms with E-state index in [0.717, 1.165) is 66.7 Å². The van der Waals surface area contributed by atoms with Crippen molar-refractivity contribution >= 4 is 28.8 Å². The number of amides is 1. The molecule has 0 aliphatic carbocycles. The zero-order valence-corrected chi connectivity index (χ0v) is 17.3. The van der Waals surface area contributed by atoms with Gasteiger partial charge in [0.1, 0.15) is 12.1 Å². The molecule has 1 aromatic heterocycles. The van der Waals surface area contributed by atoms with Gasteiger partial charge in [0.2, 0.25) is 0 Å². The summed E-state index contributed by atoms with van der Waals surface area (Å²) in [6.45, 7) is 2.50. The maximum atomic E-state index is 12.6. The van der Waals surface area contributed by atoms with Crippen molar-refractivity contribution in [3.63, 3.8) is 0 Å². The van der Waals surface area contributed by atoms with Crippen LogP contribution >= 0.6 is 0 Å². The summed E-state index contributed by atoms with van der Waals surface area (Å²) in [4.78, 5) is 27.4. The molecule has 0 atom stereocenters. The number of likely N-dealkylation sites (tertiary alicyclic amines) is 1. The molecule has 6 nitrogen and oxygen atoms in total. The molecule has 3 aromatic rings. The van der Waals surface area contributed by atoms with Crippen molar-refractivity contribution in [3.8, 4) is 0 Å². The molecule has 1 fully saturated rings. The Balaban J connectivity index is 1.38. The van der Waals surface area contributed by atoms with Gasteiger partial charge in [0.15, 0.2) is 0 Å². The van der Waals surface area contributed by atoms with Crippen molar-refractivity contribution < 1.29 is 4.79 Å². The van der Waals surface area contributed by atoms with E-state index in [-0.39, 0.29) is 5.91 Å². The third-order valence-corrected chi connectivity index (χ3v) is 5.49. The number of hydrogen-bond donors (Lipinski definition) is 1. The summed E-state index contributed by atoms with van der Waals surface area (Å²) in [6.07, 6.45) is 7.70. The molecule has 6 heteroatoms. The fourth-order valence-corrected chi connectivity index (χ4v) is 3.86. The highest BCUT2D eigenvalue weighted by molar-refractivity contribution is 5.95. The van der Waals surface area contributed by atoms with Gasteiger partial charge in [-0.3, -0.25) is 9.79 Å². The second-order valence-electron chi connectivity index (χ2n) is 7.61. The van der Waals surface area contributed by atoms with E-state index in [1.165, 1.54) is 12.0 Å². The summed E-state index contributed by atoms with van der Waals surface area (Å²) in [5.41, 5.74) is 3.90. The first kappa shape index (κ1) is 20.0. The second kappa shape index (κ2) is 9.48. The van der Waals surface area contributed by atoms with E-state index in [9.17, 15) is 4.79 Å². The van der Waals surface area contributed by atoms with Crippen molar-refractivity contribution in [2.45, 2.75) is 25.7 Å². The highest BCUT2D eigenvalue weighted by Crippen LogP contribution is 2.20. The summed E-state index contributed by atoms with van der Waals surface area (Å²) in [5, 5.41) is 4.41. The molecule has 0 spiro atoms. The number of hydrogen-bond acceptors (Lipinski definition) is 5. The standard InChI is InChI=1S/C24H27N5O/c1-25-16-19-7-10-22-21(15-19)23(28-17-27-22)26-12-11-18-5-8-20(9-6-18)24(30)29-13-3-2-4-14-29/h5-10,15-17H,2-4,11-14H2,1H3,(H,26,27,28)/b25-16-. The third kappa shape index (κ3) is 4.64. The number of anilines is 1. The van der Waals surface area contributed by atoms with Crippen LogP contribution in [0.5, 0.6) is 0 Å². The van der Waals surface area contributed by atoms with Crippen molar-refractivity contribution in [2.24, 2.45) is 4.99 Å². The SMILES string of the molecule is C/N=C\c1ccc2ncnc(NCCc3ccc(C(=O)N4CCCCC4)cc3)c2c1. The number of piperidine rings is 1. The molecule has 30 heavy (non-hydrogen) atoms. The van der Waals surface area contributed by atoms with Gasteiger partial charge in [-0.15, -0.1) is 0 Å². The molecule has 0 unspecified atom stereocenters. The molecule has 2 heterocycles. The van der Waals surface area contributed by atoms with Crippen LogP contribution in [0.3, 0.4) is 0 Å². The molecule has 1 saturated heterocycles. The molecule has 1 aliphatic rings. The number of carbonyl (C=O) groups excluding carboxylic acids is 1. The summed E-state index contributed by atoms with van der Waals surface area (Å²) in [7, 11) is 1.76. The predicted molar refractivity (Wildman–Crippen MR) is 121 cm³/mol. The first-order chi connectivity index (χ1) is 14.7. The smallest absolute Gasteiger partial charge is 0.253 e. The number of benzene rings is 2. The zero-order chi connectivity index (χ0) is 20.8. The van der Waals surface area contributed by atoms with Gasteiger partial charge in [0, 0.05) is 43.8 Å². The summed E-state index contributed by atoms with van der Waals surface area (Å²) >= 11 is 0. The molecular formula is C24H27N5O. The van der Waals surface area contributed by atoms with Crippen LogP contribution in [0.15, 0.2) is 53.8 Å². The second-order valence-corrected chi connectivity index (χ2v) is 7.61. The maximum absolute atomic E-state index is 12.6. The number of aliphatic imine (C=N–C) groups is 1. The van der Waals surface area contributed by atoms with Gasteiger partial charge in [0.25, 0.3) is 5.91 Å². The predicted octanol–water partition coefficient (Wildman–Crippen LogP) is 3.96. The molecule has 154 valence electrons. The van der Waals surface area contributed by atoms with Gasteiger partial charge >= 0.3 is 0 Å². The highest BCUT2D eigenvalue weighted by Gasteiger charge is 2.17. The molecule has 0 radical (unpaired) electrons. The Bertz CT molecular complexity index is 1040. The normalized spacial score (nSPS) is 14.4. The van der Waals surface area contributed by atoms with Gasteiger partial charge in [-0.05, 0) is 61.1 Å². The Morgan fingerprint density at radius 3 is 2.67 bits per heavy atom. The van der Waals surface area contributed by atoms with Gasteiger partial charge in [0.05, 0.1) is 5.52 Å². The number of carbonyl (C=O) groups is 1. The van der Waals surface area contributed by atoms with Gasteiger partial charge in [-0.1, -0.05) is 18.2 Å². The minimum Gasteiger partial charge on any atom is -0.369 e. The van der Waals surface area contributed by atoms with Gasteiger partial charge < -0.3 is 10.2 Å². The number of nitrogens with one attached hydrogen (secondary N) is 1. The van der Waals surface area contributed by atoms with Crippen LogP contribution in [0.25, 0.3) is 10.9 Å². The Labute approximate surface area is 177 Å². The quantitative estimate of drug-likeness (QED) is 0.635. The topological polar surface area (TPSA) is 70.5 Å². The minimum absolute atomic E-state index is 0.151. The fourth-order valence-electron chi connectivity index (χ4n) is 3.86. The molecular weight excluding hydrogens is 374 g/mol. The van der Waals surface area contributed by atoms with Gasteiger partial charge in [-0.25, -0.2) is 9.97 Å². The van der Waals surface area contributed by atoms with E-state index in [4.69, 9.17) is 0 Å². The van der Waals surface area contributed by atoms with E-state index in [0.29, 0.717) is 0 Å². The van der Waals surface area contributed by atoms with E-state index in [2.05, 4.69) is 20.3 Å². The number of rotatable bonds is 6. The van der Waals surface area contributed by atoms with E-state index >= 15 is 0 Å². The minimum atomic E-state index is 0.151. The highest BCUT2D eigenvalue weighted by atomic mass is 16.2. The zero-order valence-electron chi connectivity index (χ0n) is 17.3. The van der Waals surface area contributed by atoms with Crippen molar-refractivity contribution in [3.05, 3.63) is 65.5 Å². The van der Waals surface area contributed by atoms with Crippen LogP contribution < -0.4 is 5.32 Å². The molecule has 2 aromatic carbocycles. The van der Waals surface area contributed by atoms with Crippen LogP contribution in [-0.2, 0) is 6.42 Å². The van der Waals surface area contributed by atoms with Crippen molar-refractivity contribution in [1.82, 2.24) is 14.9 Å². The van der Waals surface area contributed by atoms with E-state index < -0.39 is 0 Å². The Morgan fingerprint density at radius 1 is 1.10 bits per heavy atom. The third-order valence-electron chi connectivity index (χ3n) is 5.49. The monoisotopic (exact) mass is 401 g/mol. The van der Waals surface area contributed by atoms with Gasteiger partial charge in [-0.2, -0.15) is 0 Å². The lowest BCUT2D eigenvalue weighted by Gasteiger charge is -2.26. The van der Waals surface area contributed by atoms with Crippen LogP contribution in [0.1, 0.15) is 40.7 Å². The molecule has 0 bridgehead atoms. The molecule has 4 rings (SSSR count). The first-order valence-corrected chi connectivity index (χ1v) is 10.5. The van der Waals surface area contributed by atoms with Crippen LogP contribution in [-0.4, -0.2) is 53.7 Å². The molecule has 0 saturated carbocycles. The number of nitrogens with zero attached hydrogens (tertiary/aromatic N) is 4. The number of fused-ring (bicyclic) bond motifs is 1. The molecule has 1 N–H and O–H groups in total. The first-order valence-electron chi connectivity index (χ1n) is 10.5. The molecule has 1 amide bonds. The van der Waals surface area contributed by atoms with Crippen LogP contribution in [0.4, 0.5) is 5.82 Å². The van der Waals surface area contributed by atoms with Crippen molar-refractivity contribution in [2.75, 3.05) is 32.0 Å². The fraction of sp³-hybridized carbons (Fsp3) is 0.333. The van der Waals surface area contributed by atoms with E-state index in [1.54, 1.807) is 13.4 Å². The number of aromatic nitrogens is 2. The van der Waals surface area contributed by atoms with E-state index in [1.807, 2.05) is 53.6 Å². The van der Waals surface area contributed by atoms with Crippen molar-refractivity contribution in [1.29, 1.82) is 0 Å².